The molecule has 1 spiro atoms. The van der Waals surface area contributed by atoms with Crippen LogP contribution in [-0.2, 0) is 0 Å². The zero-order valence-corrected chi connectivity index (χ0v) is 15.6. The largest absolute Gasteiger partial charge is 0.490 e. The highest BCUT2D eigenvalue weighted by Gasteiger charge is 2.54. The summed E-state index contributed by atoms with van der Waals surface area (Å²) in [5.41, 5.74) is 1.37. The summed E-state index contributed by atoms with van der Waals surface area (Å²) in [4.78, 5) is 18.3. The van der Waals surface area contributed by atoms with Crippen molar-refractivity contribution in [2.45, 2.75) is 18.9 Å². The molecule has 0 radical (unpaired) electrons. The number of ether oxygens (including phenoxy) is 1. The van der Waals surface area contributed by atoms with E-state index >= 15 is 0 Å². The summed E-state index contributed by atoms with van der Waals surface area (Å²) in [5.74, 6) is -0.0158. The molecule has 1 aromatic heterocycles. The fourth-order valence-corrected chi connectivity index (χ4v) is 4.27. The number of urea groups is 1. The Labute approximate surface area is 166 Å². The van der Waals surface area contributed by atoms with E-state index in [-0.39, 0.29) is 29.2 Å². The lowest BCUT2D eigenvalue weighted by Gasteiger charge is -2.58. The number of hydrogen-bond donors (Lipinski definition) is 1. The minimum atomic E-state index is -0.337. The lowest BCUT2D eigenvalue weighted by atomic mass is 9.62. The summed E-state index contributed by atoms with van der Waals surface area (Å²) < 4.78 is 32.6. The topological polar surface area (TPSA) is 54.5 Å². The first kappa shape index (κ1) is 17.8. The Hall–Kier alpha value is -3.22. The molecule has 2 heterocycles. The van der Waals surface area contributed by atoms with Crippen LogP contribution in [0, 0.1) is 17.0 Å². The van der Waals surface area contributed by atoms with Crippen LogP contribution in [0.15, 0.2) is 54.7 Å². The molecule has 7 heteroatoms. The number of rotatable bonds is 3. The fraction of sp³-hybridized carbons (Fsp3) is 0.273. The van der Waals surface area contributed by atoms with E-state index in [0.717, 1.165) is 12.8 Å². The maximum Gasteiger partial charge on any atom is 0.321 e. The predicted molar refractivity (Wildman–Crippen MR) is 105 cm³/mol. The van der Waals surface area contributed by atoms with Crippen molar-refractivity contribution in [1.29, 1.82) is 0 Å². The van der Waals surface area contributed by atoms with Crippen molar-refractivity contribution in [3.63, 3.8) is 0 Å². The minimum Gasteiger partial charge on any atom is -0.490 e. The number of carbonyl (C=O) groups excluding carboxylic acids is 1. The van der Waals surface area contributed by atoms with Crippen molar-refractivity contribution >= 4 is 22.6 Å². The average molecular weight is 395 g/mol. The Morgan fingerprint density at radius 1 is 1.07 bits per heavy atom. The predicted octanol–water partition coefficient (Wildman–Crippen LogP) is 4.59. The standard InChI is InChI=1S/C22H19F2N3O2/c23-14-1-4-16(5-2-14)26-21(28)27-12-22(13-27)10-17(11-22)29-20-7-8-25-19-6-3-15(24)9-18(19)20/h1-9,17H,10-13H2,(H,26,28). The summed E-state index contributed by atoms with van der Waals surface area (Å²) in [5, 5.41) is 3.45. The molecule has 0 atom stereocenters. The van der Waals surface area contributed by atoms with Gasteiger partial charge in [0, 0.05) is 35.8 Å². The maximum atomic E-state index is 13.6. The molecule has 5 rings (SSSR count). The van der Waals surface area contributed by atoms with Gasteiger partial charge in [0.05, 0.1) is 5.52 Å². The van der Waals surface area contributed by atoms with Crippen LogP contribution in [0.25, 0.3) is 10.9 Å². The maximum absolute atomic E-state index is 13.6. The number of fused-ring (bicyclic) bond motifs is 1. The van der Waals surface area contributed by atoms with Crippen LogP contribution in [0.2, 0.25) is 0 Å². The van der Waals surface area contributed by atoms with Gasteiger partial charge in [0.15, 0.2) is 0 Å². The molecule has 2 aliphatic rings. The van der Waals surface area contributed by atoms with Gasteiger partial charge in [0.1, 0.15) is 23.5 Å². The number of carbonyl (C=O) groups is 1. The van der Waals surface area contributed by atoms with Crippen molar-refractivity contribution < 1.29 is 18.3 Å². The van der Waals surface area contributed by atoms with Gasteiger partial charge < -0.3 is 15.0 Å². The lowest BCUT2D eigenvalue weighted by molar-refractivity contribution is -0.0978. The number of halogens is 2. The van der Waals surface area contributed by atoms with Crippen LogP contribution in [0.4, 0.5) is 19.3 Å². The third kappa shape index (κ3) is 3.37. The molecule has 1 N–H and O–H groups in total. The molecule has 1 saturated heterocycles. The van der Waals surface area contributed by atoms with Gasteiger partial charge in [-0.25, -0.2) is 13.6 Å². The molecule has 1 aliphatic heterocycles. The van der Waals surface area contributed by atoms with Gasteiger partial charge in [0.25, 0.3) is 0 Å². The van der Waals surface area contributed by atoms with Gasteiger partial charge in [-0.05, 0) is 61.4 Å². The number of nitrogens with one attached hydrogen (secondary N) is 1. The molecule has 2 fully saturated rings. The summed E-state index contributed by atoms with van der Waals surface area (Å²) in [7, 11) is 0. The number of hydrogen-bond acceptors (Lipinski definition) is 3. The van der Waals surface area contributed by atoms with Gasteiger partial charge >= 0.3 is 6.03 Å². The Kier molecular flexibility index (Phi) is 4.12. The van der Waals surface area contributed by atoms with Crippen LogP contribution >= 0.6 is 0 Å². The highest BCUT2D eigenvalue weighted by molar-refractivity contribution is 5.90. The van der Waals surface area contributed by atoms with E-state index in [9.17, 15) is 13.6 Å². The quantitative estimate of drug-likeness (QED) is 0.706. The molecule has 1 saturated carbocycles. The normalized spacial score (nSPS) is 17.7. The fourth-order valence-electron chi connectivity index (χ4n) is 4.27. The zero-order chi connectivity index (χ0) is 20.0. The number of amides is 2. The third-order valence-corrected chi connectivity index (χ3v) is 5.71. The van der Waals surface area contributed by atoms with E-state index in [2.05, 4.69) is 10.3 Å². The van der Waals surface area contributed by atoms with Crippen LogP contribution in [0.1, 0.15) is 12.8 Å². The highest BCUT2D eigenvalue weighted by Crippen LogP contribution is 2.50. The Morgan fingerprint density at radius 3 is 2.55 bits per heavy atom. The van der Waals surface area contributed by atoms with Crippen LogP contribution < -0.4 is 10.1 Å². The van der Waals surface area contributed by atoms with E-state index in [1.165, 1.54) is 36.4 Å². The van der Waals surface area contributed by atoms with Crippen molar-refractivity contribution in [1.82, 2.24) is 9.88 Å². The Bertz CT molecular complexity index is 1070. The van der Waals surface area contributed by atoms with Crippen molar-refractivity contribution in [3.05, 3.63) is 66.4 Å². The van der Waals surface area contributed by atoms with E-state index in [4.69, 9.17) is 4.74 Å². The van der Waals surface area contributed by atoms with Gasteiger partial charge in [-0.3, -0.25) is 4.98 Å². The van der Waals surface area contributed by atoms with E-state index in [1.54, 1.807) is 23.2 Å². The van der Waals surface area contributed by atoms with Gasteiger partial charge in [-0.1, -0.05) is 0 Å². The highest BCUT2D eigenvalue weighted by atomic mass is 19.1. The number of aromatic nitrogens is 1. The molecule has 148 valence electrons. The molecule has 29 heavy (non-hydrogen) atoms. The summed E-state index contributed by atoms with van der Waals surface area (Å²) in [6.45, 7) is 1.34. The lowest BCUT2D eigenvalue weighted by Crippen LogP contribution is -2.66. The van der Waals surface area contributed by atoms with Crippen molar-refractivity contribution in [2.75, 3.05) is 18.4 Å². The van der Waals surface area contributed by atoms with Gasteiger partial charge in [-0.15, -0.1) is 0 Å². The monoisotopic (exact) mass is 395 g/mol. The second-order valence-corrected chi connectivity index (χ2v) is 7.91. The van der Waals surface area contributed by atoms with E-state index in [1.807, 2.05) is 0 Å². The smallest absolute Gasteiger partial charge is 0.321 e. The zero-order valence-electron chi connectivity index (χ0n) is 15.6. The first-order valence-electron chi connectivity index (χ1n) is 9.52. The molecule has 0 bridgehead atoms. The Morgan fingerprint density at radius 2 is 1.79 bits per heavy atom. The second kappa shape index (κ2) is 6.69. The Balaban J connectivity index is 1.16. The number of pyridine rings is 1. The number of likely N-dealkylation sites (tertiary alicyclic amines) is 1. The first-order chi connectivity index (χ1) is 14.0. The number of nitrogens with zero attached hydrogens (tertiary/aromatic N) is 2. The number of anilines is 1. The van der Waals surface area contributed by atoms with Crippen molar-refractivity contribution in [2.24, 2.45) is 5.41 Å². The summed E-state index contributed by atoms with van der Waals surface area (Å²) >= 11 is 0. The average Bonchev–Trinajstić information content (AvgIpc) is 2.64. The van der Waals surface area contributed by atoms with Gasteiger partial charge in [-0.2, -0.15) is 0 Å². The molecule has 1 aliphatic carbocycles. The van der Waals surface area contributed by atoms with Crippen LogP contribution in [0.3, 0.4) is 0 Å². The van der Waals surface area contributed by atoms with Crippen LogP contribution in [0.5, 0.6) is 5.75 Å². The molecular weight excluding hydrogens is 376 g/mol. The molecule has 2 amide bonds. The minimum absolute atomic E-state index is 0.0474. The molecule has 0 unspecified atom stereocenters. The van der Waals surface area contributed by atoms with E-state index in [0.29, 0.717) is 35.4 Å². The molecule has 3 aromatic rings. The summed E-state index contributed by atoms with van der Waals surface area (Å²) in [6.07, 6.45) is 3.42. The SMILES string of the molecule is O=C(Nc1ccc(F)cc1)N1CC2(CC(Oc3ccnc4ccc(F)cc34)C2)C1. The van der Waals surface area contributed by atoms with E-state index < -0.39 is 0 Å². The third-order valence-electron chi connectivity index (χ3n) is 5.71. The number of benzene rings is 2. The van der Waals surface area contributed by atoms with Gasteiger partial charge in [0.2, 0.25) is 0 Å². The molecule has 2 aromatic carbocycles. The van der Waals surface area contributed by atoms with Crippen molar-refractivity contribution in [3.8, 4) is 5.75 Å². The first-order valence-corrected chi connectivity index (χ1v) is 9.52. The molecule has 5 nitrogen and oxygen atoms in total. The second-order valence-electron chi connectivity index (χ2n) is 7.91. The van der Waals surface area contributed by atoms with Crippen LogP contribution in [-0.4, -0.2) is 35.1 Å². The molecular formula is C22H19F2N3O2. The summed E-state index contributed by atoms with van der Waals surface area (Å²) in [6, 6.07) is 11.8.